The first-order valence-electron chi connectivity index (χ1n) is 4.66. The van der Waals surface area contributed by atoms with Crippen LogP contribution in [0.5, 0.6) is 0 Å². The lowest BCUT2D eigenvalue weighted by Gasteiger charge is -2.03. The third-order valence-electron chi connectivity index (χ3n) is 1.85. The van der Waals surface area contributed by atoms with Crippen LogP contribution in [0.4, 0.5) is 0 Å². The van der Waals surface area contributed by atoms with Crippen molar-refractivity contribution in [2.45, 2.75) is 6.54 Å². The number of nitriles is 1. The van der Waals surface area contributed by atoms with Gasteiger partial charge in [0.25, 0.3) is 5.89 Å². The van der Waals surface area contributed by atoms with Crippen LogP contribution in [0.25, 0.3) is 10.8 Å². The molecule has 0 aliphatic carbocycles. The molecule has 6 heteroatoms. The number of aromatic nitrogens is 2. The van der Waals surface area contributed by atoms with Crippen molar-refractivity contribution in [2.75, 3.05) is 14.1 Å². The van der Waals surface area contributed by atoms with Crippen LogP contribution in [0, 0.1) is 11.3 Å². The van der Waals surface area contributed by atoms with Gasteiger partial charge in [-0.3, -0.25) is 0 Å². The van der Waals surface area contributed by atoms with Crippen LogP contribution in [0.2, 0.25) is 0 Å². The highest BCUT2D eigenvalue weighted by Crippen LogP contribution is 2.26. The van der Waals surface area contributed by atoms with Gasteiger partial charge >= 0.3 is 0 Å². The second kappa shape index (κ2) is 4.43. The van der Waals surface area contributed by atoms with Crippen molar-refractivity contribution < 1.29 is 4.52 Å². The maximum absolute atomic E-state index is 8.71. The lowest BCUT2D eigenvalue weighted by Crippen LogP contribution is -2.11. The molecule has 5 nitrogen and oxygen atoms in total. The third kappa shape index (κ3) is 2.27. The van der Waals surface area contributed by atoms with Gasteiger partial charge in [-0.15, -0.1) is 11.3 Å². The van der Waals surface area contributed by atoms with E-state index in [0.717, 1.165) is 4.88 Å². The third-order valence-corrected chi connectivity index (χ3v) is 2.83. The molecule has 0 amide bonds. The zero-order valence-corrected chi connectivity index (χ0v) is 9.78. The zero-order chi connectivity index (χ0) is 11.5. The lowest BCUT2D eigenvalue weighted by atomic mass is 10.4. The highest BCUT2D eigenvalue weighted by atomic mass is 32.1. The lowest BCUT2D eigenvalue weighted by molar-refractivity contribution is 0.366. The Bertz CT molecular complexity index is 523. The van der Waals surface area contributed by atoms with Crippen LogP contribution in [0.1, 0.15) is 10.7 Å². The van der Waals surface area contributed by atoms with Gasteiger partial charge < -0.3 is 9.42 Å². The van der Waals surface area contributed by atoms with Gasteiger partial charge in [0, 0.05) is 0 Å². The van der Waals surface area contributed by atoms with Crippen molar-refractivity contribution in [2.24, 2.45) is 0 Å². The van der Waals surface area contributed by atoms with Crippen molar-refractivity contribution in [1.29, 1.82) is 5.26 Å². The number of thiophene rings is 1. The standard InChI is InChI=1S/C10H10N4OS/c1-14(2)6-9-12-10(15-13-9)8-4-3-7(5-11)16-8/h3-4H,6H2,1-2H3. The largest absolute Gasteiger partial charge is 0.333 e. The molecule has 0 radical (unpaired) electrons. The summed E-state index contributed by atoms with van der Waals surface area (Å²) >= 11 is 1.35. The van der Waals surface area contributed by atoms with E-state index >= 15 is 0 Å². The van der Waals surface area contributed by atoms with Gasteiger partial charge in [0.1, 0.15) is 10.9 Å². The maximum atomic E-state index is 8.71. The minimum atomic E-state index is 0.475. The summed E-state index contributed by atoms with van der Waals surface area (Å²) in [5.74, 6) is 1.12. The van der Waals surface area contributed by atoms with E-state index < -0.39 is 0 Å². The van der Waals surface area contributed by atoms with Crippen LogP contribution < -0.4 is 0 Å². The summed E-state index contributed by atoms with van der Waals surface area (Å²) in [5, 5.41) is 12.6. The molecule has 2 heterocycles. The number of hydrogen-bond acceptors (Lipinski definition) is 6. The molecule has 0 aromatic carbocycles. The Kier molecular flexibility index (Phi) is 2.99. The van der Waals surface area contributed by atoms with Crippen LogP contribution in [-0.2, 0) is 6.54 Å². The molecule has 16 heavy (non-hydrogen) atoms. The smallest absolute Gasteiger partial charge is 0.268 e. The first-order chi connectivity index (χ1) is 7.69. The monoisotopic (exact) mass is 234 g/mol. The molecule has 0 saturated heterocycles. The zero-order valence-electron chi connectivity index (χ0n) is 8.97. The molecule has 0 spiro atoms. The van der Waals surface area contributed by atoms with Gasteiger partial charge in [0.2, 0.25) is 0 Å². The molecule has 2 aromatic heterocycles. The van der Waals surface area contributed by atoms with Crippen molar-refractivity contribution in [3.05, 3.63) is 22.8 Å². The summed E-state index contributed by atoms with van der Waals surface area (Å²) in [6.07, 6.45) is 0. The molecule has 0 bridgehead atoms. The van der Waals surface area contributed by atoms with E-state index in [4.69, 9.17) is 9.78 Å². The molecule has 2 rings (SSSR count). The second-order valence-corrected chi connectivity index (χ2v) is 4.61. The molecule has 0 fully saturated rings. The fourth-order valence-electron chi connectivity index (χ4n) is 1.21. The minimum absolute atomic E-state index is 0.475. The highest BCUT2D eigenvalue weighted by molar-refractivity contribution is 7.15. The molecule has 82 valence electrons. The Morgan fingerprint density at radius 1 is 1.50 bits per heavy atom. The molecular weight excluding hydrogens is 224 g/mol. The van der Waals surface area contributed by atoms with Gasteiger partial charge in [-0.1, -0.05) is 5.16 Å². The Morgan fingerprint density at radius 3 is 2.94 bits per heavy atom. The first kappa shape index (κ1) is 10.8. The van der Waals surface area contributed by atoms with Gasteiger partial charge in [0.15, 0.2) is 5.82 Å². The van der Waals surface area contributed by atoms with Crippen molar-refractivity contribution in [3.8, 4) is 16.8 Å². The summed E-state index contributed by atoms with van der Waals surface area (Å²) < 4.78 is 5.12. The maximum Gasteiger partial charge on any atom is 0.268 e. The van der Waals surface area contributed by atoms with E-state index in [0.29, 0.717) is 23.1 Å². The summed E-state index contributed by atoms with van der Waals surface area (Å²) in [5.41, 5.74) is 0. The fourth-order valence-corrected chi connectivity index (χ4v) is 1.94. The number of rotatable bonds is 3. The topological polar surface area (TPSA) is 66.0 Å². The summed E-state index contributed by atoms with van der Waals surface area (Å²) in [6, 6.07) is 5.64. The summed E-state index contributed by atoms with van der Waals surface area (Å²) in [7, 11) is 3.88. The van der Waals surface area contributed by atoms with E-state index in [-0.39, 0.29) is 0 Å². The van der Waals surface area contributed by atoms with E-state index in [9.17, 15) is 0 Å². The van der Waals surface area contributed by atoms with Crippen molar-refractivity contribution in [1.82, 2.24) is 15.0 Å². The predicted octanol–water partition coefficient (Wildman–Crippen LogP) is 1.73. The van der Waals surface area contributed by atoms with Gasteiger partial charge in [-0.25, -0.2) is 0 Å². The van der Waals surface area contributed by atoms with Gasteiger partial charge in [-0.2, -0.15) is 10.2 Å². The van der Waals surface area contributed by atoms with Gasteiger partial charge in [-0.05, 0) is 26.2 Å². The van der Waals surface area contributed by atoms with Crippen molar-refractivity contribution in [3.63, 3.8) is 0 Å². The normalized spacial score (nSPS) is 10.6. The average molecular weight is 234 g/mol. The fraction of sp³-hybridized carbons (Fsp3) is 0.300. The summed E-state index contributed by atoms with van der Waals surface area (Å²) in [6.45, 7) is 0.639. The Balaban J connectivity index is 2.21. The SMILES string of the molecule is CN(C)Cc1noc(-c2ccc(C#N)s2)n1. The summed E-state index contributed by atoms with van der Waals surface area (Å²) in [4.78, 5) is 7.68. The minimum Gasteiger partial charge on any atom is -0.333 e. The quantitative estimate of drug-likeness (QED) is 0.809. The molecule has 0 aliphatic rings. The molecule has 0 aliphatic heterocycles. The Morgan fingerprint density at radius 2 is 2.31 bits per heavy atom. The Hall–Kier alpha value is -1.71. The molecule has 0 unspecified atom stereocenters. The van der Waals surface area contributed by atoms with Crippen LogP contribution >= 0.6 is 11.3 Å². The number of hydrogen-bond donors (Lipinski definition) is 0. The molecule has 2 aromatic rings. The molecule has 0 saturated carbocycles. The molecule has 0 atom stereocenters. The Labute approximate surface area is 96.9 Å². The van der Waals surface area contributed by atoms with Crippen LogP contribution in [0.15, 0.2) is 16.7 Å². The molecular formula is C10H10N4OS. The van der Waals surface area contributed by atoms with Crippen LogP contribution in [-0.4, -0.2) is 29.1 Å². The van der Waals surface area contributed by atoms with Gasteiger partial charge in [0.05, 0.1) is 11.4 Å². The highest BCUT2D eigenvalue weighted by Gasteiger charge is 2.11. The van der Waals surface area contributed by atoms with Crippen molar-refractivity contribution >= 4 is 11.3 Å². The molecule has 0 N–H and O–H groups in total. The number of nitrogens with zero attached hydrogens (tertiary/aromatic N) is 4. The van der Waals surface area contributed by atoms with E-state index in [2.05, 4.69) is 16.2 Å². The van der Waals surface area contributed by atoms with E-state index in [1.165, 1.54) is 11.3 Å². The van der Waals surface area contributed by atoms with Crippen LogP contribution in [0.3, 0.4) is 0 Å². The van der Waals surface area contributed by atoms with E-state index in [1.54, 1.807) is 6.07 Å². The van der Waals surface area contributed by atoms with E-state index in [1.807, 2.05) is 25.1 Å². The average Bonchev–Trinajstić information content (AvgIpc) is 2.83. The first-order valence-corrected chi connectivity index (χ1v) is 5.48. The predicted molar refractivity (Wildman–Crippen MR) is 59.7 cm³/mol. The second-order valence-electron chi connectivity index (χ2n) is 3.53.